The van der Waals surface area contributed by atoms with E-state index in [1.165, 1.54) is 0 Å². The summed E-state index contributed by atoms with van der Waals surface area (Å²) in [5.41, 5.74) is 2.89. The average molecular weight is 525 g/mol. The third kappa shape index (κ3) is 7.22. The summed E-state index contributed by atoms with van der Waals surface area (Å²) in [6.45, 7) is 12.2. The topological polar surface area (TPSA) is 58.9 Å². The van der Waals surface area contributed by atoms with E-state index in [1.807, 2.05) is 30.3 Å². The molecule has 4 nitrogen and oxygen atoms in total. The van der Waals surface area contributed by atoms with Crippen LogP contribution in [-0.4, -0.2) is 38.4 Å². The van der Waals surface area contributed by atoms with E-state index in [-0.39, 0.29) is 29.6 Å². The van der Waals surface area contributed by atoms with Crippen LogP contribution in [0.1, 0.15) is 50.3 Å². The summed E-state index contributed by atoms with van der Waals surface area (Å²) in [6, 6.07) is 11.5. The molecule has 2 N–H and O–H groups in total. The van der Waals surface area contributed by atoms with Crippen molar-refractivity contribution >= 4 is 31.5 Å². The van der Waals surface area contributed by atoms with Crippen molar-refractivity contribution in [2.45, 2.75) is 64.6 Å². The van der Waals surface area contributed by atoms with Gasteiger partial charge in [0.2, 0.25) is 0 Å². The van der Waals surface area contributed by atoms with Gasteiger partial charge in [-0.05, 0) is 60.3 Å². The lowest BCUT2D eigenvalue weighted by molar-refractivity contribution is 0.150. The van der Waals surface area contributed by atoms with Gasteiger partial charge in [0, 0.05) is 35.4 Å². The van der Waals surface area contributed by atoms with Gasteiger partial charge in [0.1, 0.15) is 11.9 Å². The Hall–Kier alpha value is -1.08. The van der Waals surface area contributed by atoms with Gasteiger partial charge >= 0.3 is 0 Å². The van der Waals surface area contributed by atoms with Crippen LogP contribution >= 0.6 is 23.2 Å². The van der Waals surface area contributed by atoms with Crippen LogP contribution in [-0.2, 0) is 17.3 Å². The number of benzene rings is 2. The predicted octanol–water partition coefficient (Wildman–Crippen LogP) is 7.20. The predicted molar refractivity (Wildman–Crippen MR) is 142 cm³/mol. The largest absolute Gasteiger partial charge is 0.491 e. The Labute approximate surface area is 215 Å². The molecule has 2 aromatic carbocycles. The van der Waals surface area contributed by atoms with Gasteiger partial charge in [0.05, 0.1) is 18.2 Å². The van der Waals surface area contributed by atoms with Crippen LogP contribution in [0.3, 0.4) is 0 Å². The zero-order valence-electron chi connectivity index (χ0n) is 20.9. The van der Waals surface area contributed by atoms with E-state index in [0.29, 0.717) is 35.4 Å². The lowest BCUT2D eigenvalue weighted by atomic mass is 9.99. The summed E-state index contributed by atoms with van der Waals surface area (Å²) >= 11 is 12.7. The summed E-state index contributed by atoms with van der Waals surface area (Å²) in [5.74, 6) is 0.669. The molecule has 187 valence electrons. The molecule has 0 bridgehead atoms. The van der Waals surface area contributed by atoms with Crippen molar-refractivity contribution in [2.24, 2.45) is 5.41 Å². The minimum Gasteiger partial charge on any atom is -0.491 e. The first-order chi connectivity index (χ1) is 15.8. The first-order valence-corrected chi connectivity index (χ1v) is 15.5. The summed E-state index contributed by atoms with van der Waals surface area (Å²) in [5, 5.41) is 20.4. The number of ether oxygens (including phenoxy) is 1. The lowest BCUT2D eigenvalue weighted by Crippen LogP contribution is -2.42. The highest BCUT2D eigenvalue weighted by atomic mass is 35.5. The Morgan fingerprint density at radius 1 is 1.03 bits per heavy atom. The highest BCUT2D eigenvalue weighted by Gasteiger charge is 2.47. The normalized spacial score (nSPS) is 15.6. The monoisotopic (exact) mass is 523 g/mol. The molecule has 1 radical (unpaired) electrons. The van der Waals surface area contributed by atoms with Crippen molar-refractivity contribution in [3.05, 3.63) is 69.2 Å². The molecule has 0 heterocycles. The fourth-order valence-electron chi connectivity index (χ4n) is 3.50. The van der Waals surface area contributed by atoms with Gasteiger partial charge in [0.15, 0.2) is 8.32 Å². The van der Waals surface area contributed by atoms with E-state index in [0.717, 1.165) is 29.5 Å². The van der Waals surface area contributed by atoms with E-state index in [1.54, 1.807) is 6.07 Å². The van der Waals surface area contributed by atoms with Gasteiger partial charge in [-0.25, -0.2) is 0 Å². The van der Waals surface area contributed by atoms with Crippen molar-refractivity contribution in [1.82, 2.24) is 0 Å². The molecule has 1 aliphatic rings. The van der Waals surface area contributed by atoms with E-state index >= 15 is 0 Å². The molecule has 1 saturated carbocycles. The molecule has 1 fully saturated rings. The SMILES string of the molecule is CC(C)(C)[Si](C)(C)OCC1(COc2c(Cl)cc(C[C](O)CO)cc2Cc2ccc(Cl)cc2)CC1. The lowest BCUT2D eigenvalue weighted by Gasteiger charge is -2.37. The molecule has 0 atom stereocenters. The number of hydrogen-bond acceptors (Lipinski definition) is 4. The van der Waals surface area contributed by atoms with Crippen LogP contribution in [0.5, 0.6) is 5.75 Å². The smallest absolute Gasteiger partial charge is 0.192 e. The first-order valence-electron chi connectivity index (χ1n) is 11.8. The van der Waals surface area contributed by atoms with Crippen molar-refractivity contribution in [1.29, 1.82) is 0 Å². The second-order valence-electron chi connectivity index (χ2n) is 11.1. The fourth-order valence-corrected chi connectivity index (χ4v) is 5.05. The third-order valence-electron chi connectivity index (χ3n) is 7.10. The number of halogens is 2. The number of hydrogen-bond donors (Lipinski definition) is 2. The van der Waals surface area contributed by atoms with Gasteiger partial charge in [-0.1, -0.05) is 62.2 Å². The van der Waals surface area contributed by atoms with Gasteiger partial charge in [0.25, 0.3) is 0 Å². The fraction of sp³-hybridized carbons (Fsp3) is 0.519. The van der Waals surface area contributed by atoms with E-state index < -0.39 is 8.32 Å². The Balaban J connectivity index is 1.78. The van der Waals surface area contributed by atoms with Gasteiger partial charge in [-0.3, -0.25) is 0 Å². The quantitative estimate of drug-likeness (QED) is 0.305. The van der Waals surface area contributed by atoms with Crippen LogP contribution < -0.4 is 4.74 Å². The minimum atomic E-state index is -1.83. The Kier molecular flexibility index (Phi) is 8.81. The molecular weight excluding hydrogens is 487 g/mol. The maximum absolute atomic E-state index is 9.85. The molecule has 2 aromatic rings. The summed E-state index contributed by atoms with van der Waals surface area (Å²) in [7, 11) is -1.83. The number of rotatable bonds is 11. The van der Waals surface area contributed by atoms with Crippen LogP contribution in [0.2, 0.25) is 28.2 Å². The molecule has 34 heavy (non-hydrogen) atoms. The van der Waals surface area contributed by atoms with Crippen LogP contribution in [0.15, 0.2) is 36.4 Å². The molecule has 3 rings (SSSR count). The third-order valence-corrected chi connectivity index (χ3v) is 12.1. The number of aliphatic hydroxyl groups is 2. The minimum absolute atomic E-state index is 0.00175. The second kappa shape index (κ2) is 10.9. The van der Waals surface area contributed by atoms with Gasteiger partial charge in [-0.15, -0.1) is 0 Å². The van der Waals surface area contributed by atoms with E-state index in [9.17, 15) is 10.2 Å². The average Bonchev–Trinajstić information content (AvgIpc) is 3.53. The standard InChI is InChI=1S/C27H37Cl2O4Si/c1-26(2,3)34(4,5)33-18-27(10-11-27)17-32-25-21(12-19-6-8-22(28)9-7-19)13-20(15-24(25)29)14-23(31)16-30/h6-9,13,15,30-31H,10-12,14,16-18H2,1-5H3. The van der Waals surface area contributed by atoms with Gasteiger partial charge in [-0.2, -0.15) is 0 Å². The highest BCUT2D eigenvalue weighted by Crippen LogP contribution is 2.49. The molecule has 0 amide bonds. The van der Waals surface area contributed by atoms with Crippen molar-refractivity contribution in [2.75, 3.05) is 19.8 Å². The molecule has 0 unspecified atom stereocenters. The highest BCUT2D eigenvalue weighted by molar-refractivity contribution is 6.74. The van der Waals surface area contributed by atoms with Crippen molar-refractivity contribution in [3.63, 3.8) is 0 Å². The summed E-state index contributed by atoms with van der Waals surface area (Å²) in [6.07, 6.45) is 3.04. The molecule has 0 spiro atoms. The second-order valence-corrected chi connectivity index (χ2v) is 16.8. The Morgan fingerprint density at radius 2 is 1.68 bits per heavy atom. The first kappa shape index (κ1) is 27.5. The van der Waals surface area contributed by atoms with Crippen LogP contribution in [0.4, 0.5) is 0 Å². The van der Waals surface area contributed by atoms with Gasteiger partial charge < -0.3 is 19.4 Å². The Morgan fingerprint density at radius 3 is 2.24 bits per heavy atom. The number of aliphatic hydroxyl groups excluding tert-OH is 2. The van der Waals surface area contributed by atoms with Crippen molar-refractivity contribution in [3.8, 4) is 5.75 Å². The molecular formula is C27H37Cl2O4Si. The zero-order valence-corrected chi connectivity index (χ0v) is 23.4. The summed E-state index contributed by atoms with van der Waals surface area (Å²) in [4.78, 5) is 0. The zero-order chi connectivity index (χ0) is 25.1. The summed E-state index contributed by atoms with van der Waals surface area (Å²) < 4.78 is 12.9. The maximum Gasteiger partial charge on any atom is 0.192 e. The van der Waals surface area contributed by atoms with Crippen LogP contribution in [0, 0.1) is 11.5 Å². The maximum atomic E-state index is 9.85. The molecule has 0 aliphatic heterocycles. The van der Waals surface area contributed by atoms with Crippen molar-refractivity contribution < 1.29 is 19.4 Å². The van der Waals surface area contributed by atoms with Crippen LogP contribution in [0.25, 0.3) is 0 Å². The Bertz CT molecular complexity index is 966. The molecule has 0 aromatic heterocycles. The molecule has 7 heteroatoms. The molecule has 1 aliphatic carbocycles. The van der Waals surface area contributed by atoms with E-state index in [4.69, 9.17) is 32.4 Å². The molecule has 0 saturated heterocycles. The van der Waals surface area contributed by atoms with E-state index in [2.05, 4.69) is 33.9 Å².